The van der Waals surface area contributed by atoms with E-state index in [-0.39, 0.29) is 30.1 Å². The van der Waals surface area contributed by atoms with E-state index in [2.05, 4.69) is 30.7 Å². The zero-order valence-corrected chi connectivity index (χ0v) is 24.1. The molecule has 226 valence electrons. The summed E-state index contributed by atoms with van der Waals surface area (Å²) >= 11 is 0. The summed E-state index contributed by atoms with van der Waals surface area (Å²) in [5.74, 6) is -3.81. The Morgan fingerprint density at radius 3 is 2.12 bits per heavy atom. The van der Waals surface area contributed by atoms with Crippen molar-refractivity contribution in [1.29, 1.82) is 0 Å². The third kappa shape index (κ3) is 9.41. The van der Waals surface area contributed by atoms with Gasteiger partial charge in [-0.25, -0.2) is 18.2 Å². The number of nitrogens with one attached hydrogen (secondary N) is 1. The zero-order valence-electron chi connectivity index (χ0n) is 24.1. The first-order valence-corrected chi connectivity index (χ1v) is 13.3. The number of fused-ring (bicyclic) bond motifs is 1. The molecule has 0 bridgehead atoms. The van der Waals surface area contributed by atoms with E-state index < -0.39 is 41.7 Å². The van der Waals surface area contributed by atoms with Gasteiger partial charge in [0.15, 0.2) is 0 Å². The quantitative estimate of drug-likeness (QED) is 0.293. The average Bonchev–Trinajstić information content (AvgIpc) is 2.94. The van der Waals surface area contributed by atoms with Gasteiger partial charge in [0, 0.05) is 40.8 Å². The largest absolute Gasteiger partial charge is 0.438 e. The van der Waals surface area contributed by atoms with Crippen molar-refractivity contribution >= 4 is 11.4 Å². The molecule has 0 amide bonds. The minimum atomic E-state index is -4.77. The predicted octanol–water partition coefficient (Wildman–Crippen LogP) is 8.81. The highest BCUT2D eigenvalue weighted by Crippen LogP contribution is 2.39. The van der Waals surface area contributed by atoms with Gasteiger partial charge in [0.2, 0.25) is 5.88 Å². The lowest BCUT2D eigenvalue weighted by atomic mass is 10.1. The lowest BCUT2D eigenvalue weighted by Crippen LogP contribution is -2.38. The number of anilines is 1. The van der Waals surface area contributed by atoms with Gasteiger partial charge in [-0.2, -0.15) is 13.2 Å². The van der Waals surface area contributed by atoms with E-state index >= 15 is 0 Å². The van der Waals surface area contributed by atoms with Crippen LogP contribution in [0.4, 0.5) is 32.0 Å². The van der Waals surface area contributed by atoms with E-state index in [4.69, 9.17) is 9.84 Å². The predicted molar refractivity (Wildman–Crippen MR) is 150 cm³/mol. The normalized spacial score (nSPS) is 11.9. The van der Waals surface area contributed by atoms with Crippen LogP contribution in [0.1, 0.15) is 70.2 Å². The Labute approximate surface area is 237 Å². The number of aromatic nitrogens is 1. The van der Waals surface area contributed by atoms with Crippen LogP contribution in [-0.2, 0) is 19.3 Å². The number of halogens is 6. The maximum atomic E-state index is 14.1. The molecule has 2 N–H and O–H groups in total. The van der Waals surface area contributed by atoms with Crippen molar-refractivity contribution in [3.8, 4) is 11.6 Å². The third-order valence-electron chi connectivity index (χ3n) is 5.18. The van der Waals surface area contributed by atoms with Gasteiger partial charge in [0.25, 0.3) is 0 Å². The number of aliphatic hydroxyl groups is 1. The second-order valence-corrected chi connectivity index (χ2v) is 8.20. The van der Waals surface area contributed by atoms with Crippen LogP contribution >= 0.6 is 0 Å². The van der Waals surface area contributed by atoms with E-state index in [9.17, 15) is 26.3 Å². The Balaban J connectivity index is 0.00000110. The van der Waals surface area contributed by atoms with Gasteiger partial charge in [-0.05, 0) is 29.8 Å². The van der Waals surface area contributed by atoms with Crippen molar-refractivity contribution in [3.05, 3.63) is 88.9 Å². The molecule has 2 heterocycles. The number of hydrogen-bond donors (Lipinski definition) is 2. The van der Waals surface area contributed by atoms with Crippen LogP contribution in [0, 0.1) is 17.5 Å². The van der Waals surface area contributed by atoms with Gasteiger partial charge in [-0.3, -0.25) is 0 Å². The van der Waals surface area contributed by atoms with Crippen LogP contribution in [0.15, 0.2) is 49.2 Å². The molecule has 0 saturated heterocycles. The summed E-state index contributed by atoms with van der Waals surface area (Å²) in [6, 6.07) is 6.21. The molecule has 3 aromatic rings. The number of rotatable bonds is 5. The van der Waals surface area contributed by atoms with E-state index in [1.807, 2.05) is 27.7 Å². The Bertz CT molecular complexity index is 1260. The second-order valence-electron chi connectivity index (χ2n) is 8.20. The van der Waals surface area contributed by atoms with Crippen molar-refractivity contribution in [2.24, 2.45) is 0 Å². The molecule has 1 aromatic heterocycles. The molecule has 4 rings (SSSR count). The van der Waals surface area contributed by atoms with Crippen LogP contribution < -0.4 is 15.0 Å². The second kappa shape index (κ2) is 16.5. The minimum absolute atomic E-state index is 0.0115. The Morgan fingerprint density at radius 2 is 1.59 bits per heavy atom. The van der Waals surface area contributed by atoms with Crippen molar-refractivity contribution in [2.75, 3.05) is 11.6 Å². The number of nitrogens with zero attached hydrogens (tertiary/aromatic N) is 2. The molecule has 1 aliphatic heterocycles. The molecule has 0 aliphatic carbocycles. The molecule has 0 fully saturated rings. The molecule has 1 aliphatic rings. The number of hydrogen-bond acceptors (Lipinski definition) is 5. The maximum Gasteiger partial charge on any atom is 0.421 e. The highest BCUT2D eigenvalue weighted by molar-refractivity contribution is 5.78. The topological polar surface area (TPSA) is 57.6 Å². The van der Waals surface area contributed by atoms with Gasteiger partial charge in [0.05, 0.1) is 19.8 Å². The van der Waals surface area contributed by atoms with Crippen LogP contribution in [0.5, 0.6) is 11.6 Å². The summed E-state index contributed by atoms with van der Waals surface area (Å²) < 4.78 is 87.2. The van der Waals surface area contributed by atoms with Gasteiger partial charge in [-0.15, -0.1) is 0 Å². The van der Waals surface area contributed by atoms with Gasteiger partial charge in [-0.1, -0.05) is 54.5 Å². The zero-order chi connectivity index (χ0) is 31.3. The smallest absolute Gasteiger partial charge is 0.421 e. The Hall–Kier alpha value is -3.73. The van der Waals surface area contributed by atoms with Crippen molar-refractivity contribution in [3.63, 3.8) is 0 Å². The molecule has 0 spiro atoms. The summed E-state index contributed by atoms with van der Waals surface area (Å²) in [4.78, 5) is 5.23. The van der Waals surface area contributed by atoms with E-state index in [1.165, 1.54) is 24.6 Å². The lowest BCUT2D eigenvalue weighted by Gasteiger charge is -2.33. The minimum Gasteiger partial charge on any atom is -0.438 e. The molecule has 41 heavy (non-hydrogen) atoms. The fraction of sp³-hybridized carbons (Fsp3) is 0.367. The molecular weight excluding hydrogens is 548 g/mol. The van der Waals surface area contributed by atoms with Crippen molar-refractivity contribution in [1.82, 2.24) is 10.3 Å². The van der Waals surface area contributed by atoms with E-state index in [1.54, 1.807) is 4.90 Å². The highest BCUT2D eigenvalue weighted by Gasteiger charge is 2.36. The van der Waals surface area contributed by atoms with E-state index in [0.717, 1.165) is 12.3 Å². The summed E-state index contributed by atoms with van der Waals surface area (Å²) in [5.41, 5.74) is -0.205. The van der Waals surface area contributed by atoms with Crippen LogP contribution in [-0.4, -0.2) is 16.8 Å². The van der Waals surface area contributed by atoms with Gasteiger partial charge in [0.1, 0.15) is 28.8 Å². The molecule has 11 heteroatoms. The summed E-state index contributed by atoms with van der Waals surface area (Å²) in [5, 5.41) is 12.0. The fourth-order valence-electron chi connectivity index (χ4n) is 3.50. The molecule has 0 unspecified atom stereocenters. The first-order chi connectivity index (χ1) is 19.5. The molecule has 2 aromatic carbocycles. The lowest BCUT2D eigenvalue weighted by molar-refractivity contribution is -0.139. The summed E-state index contributed by atoms with van der Waals surface area (Å²) in [6.45, 7) is 15.4. The van der Waals surface area contributed by atoms with Crippen LogP contribution in [0.25, 0.3) is 5.70 Å². The third-order valence-corrected chi connectivity index (χ3v) is 5.18. The number of alkyl halides is 3. The van der Waals surface area contributed by atoms with Crippen molar-refractivity contribution in [2.45, 2.75) is 67.3 Å². The monoisotopic (exact) mass is 585 g/mol. The summed E-state index contributed by atoms with van der Waals surface area (Å²) in [7, 11) is 0. The van der Waals surface area contributed by atoms with E-state index in [0.29, 0.717) is 29.1 Å². The number of aliphatic hydroxyl groups excluding tert-OH is 1. The first kappa shape index (κ1) is 35.3. The highest BCUT2D eigenvalue weighted by atomic mass is 19.4. The van der Waals surface area contributed by atoms with Gasteiger partial charge >= 0.3 is 6.18 Å². The summed E-state index contributed by atoms with van der Waals surface area (Å²) in [6.07, 6.45) is -2.45. The SMILES string of the molecule is C=C1NCN(Cc2c(F)cc(F)cc2F)c2ccc(Oc3ncc(CO)cc3C(F)(F)F)cc21.CC.CC.CCC. The Morgan fingerprint density at radius 1 is 1.00 bits per heavy atom. The average molecular weight is 586 g/mol. The fourth-order valence-corrected chi connectivity index (χ4v) is 3.50. The molecule has 0 radical (unpaired) electrons. The molecule has 5 nitrogen and oxygen atoms in total. The van der Waals surface area contributed by atoms with Crippen LogP contribution in [0.2, 0.25) is 0 Å². The molecular formula is C30H37F6N3O2. The number of ether oxygens (including phenoxy) is 1. The number of pyridine rings is 1. The Kier molecular flexibility index (Phi) is 14.2. The van der Waals surface area contributed by atoms with Crippen molar-refractivity contribution < 1.29 is 36.2 Å². The molecule has 0 saturated carbocycles. The number of benzene rings is 2. The van der Waals surface area contributed by atoms with Crippen LogP contribution in [0.3, 0.4) is 0 Å². The first-order valence-electron chi connectivity index (χ1n) is 13.3. The maximum absolute atomic E-state index is 14.1. The standard InChI is InChI=1S/C23H17F6N3O2.C3H8.2C2H6/c1-12-16-7-15(34-22-18(23(27,28)29)4-13(10-33)8-30-22)2-3-21(16)32(11-31-12)9-17-19(25)5-14(24)6-20(17)26;1-3-2;2*1-2/h2-8,31,33H,1,9-11H2;3H2,1-2H3;2*1-2H3. The molecule has 0 atom stereocenters. The van der Waals surface area contributed by atoms with Gasteiger partial charge < -0.3 is 20.1 Å².